The highest BCUT2D eigenvalue weighted by Crippen LogP contribution is 2.18. The third kappa shape index (κ3) is 3.48. The number of benzene rings is 3. The molecule has 0 unspecified atom stereocenters. The summed E-state index contributed by atoms with van der Waals surface area (Å²) in [5.41, 5.74) is 4.12. The van der Waals surface area contributed by atoms with Crippen LogP contribution in [-0.2, 0) is 12.8 Å². The first-order valence-electron chi connectivity index (χ1n) is 7.96. The molecule has 3 rings (SSSR count). The van der Waals surface area contributed by atoms with Crippen molar-refractivity contribution < 1.29 is 0 Å². The van der Waals surface area contributed by atoms with Gasteiger partial charge in [0.25, 0.3) is 0 Å². The predicted octanol–water partition coefficient (Wildman–Crippen LogP) is 5.08. The maximum Gasteiger partial charge on any atom is 0.0361 e. The Hall–Kier alpha value is -2.28. The normalized spacial score (nSPS) is 10.8. The van der Waals surface area contributed by atoms with E-state index < -0.39 is 0 Å². The average Bonchev–Trinajstić information content (AvgIpc) is 2.55. The van der Waals surface area contributed by atoms with Crippen molar-refractivity contribution in [1.82, 2.24) is 0 Å². The van der Waals surface area contributed by atoms with Crippen LogP contribution in [-0.4, -0.2) is 14.1 Å². The summed E-state index contributed by atoms with van der Waals surface area (Å²) in [6.45, 7) is 0. The van der Waals surface area contributed by atoms with Crippen LogP contribution in [0.15, 0.2) is 66.7 Å². The molecule has 0 spiro atoms. The third-order valence-corrected chi connectivity index (χ3v) is 4.20. The molecular formula is C21H23N. The van der Waals surface area contributed by atoms with Crippen LogP contribution >= 0.6 is 0 Å². The number of rotatable bonds is 5. The van der Waals surface area contributed by atoms with E-state index in [9.17, 15) is 0 Å². The minimum atomic E-state index is 1.14. The molecule has 0 aliphatic heterocycles. The van der Waals surface area contributed by atoms with Crippen LogP contribution in [0.4, 0.5) is 5.69 Å². The minimum absolute atomic E-state index is 1.14. The number of aryl methyl sites for hydroxylation is 2. The standard InChI is InChI=1S/C21H23N/c1-22(2)21-14-11-17(12-15-21)6-5-7-18-10-13-19-8-3-4-9-20(19)16-18/h3-4,8-16H,5-7H2,1-2H3. The highest BCUT2D eigenvalue weighted by Gasteiger charge is 1.99. The highest BCUT2D eigenvalue weighted by atomic mass is 15.1. The van der Waals surface area contributed by atoms with Gasteiger partial charge in [0.2, 0.25) is 0 Å². The van der Waals surface area contributed by atoms with Crippen molar-refractivity contribution in [2.75, 3.05) is 19.0 Å². The summed E-state index contributed by atoms with van der Waals surface area (Å²) in [5.74, 6) is 0. The maximum absolute atomic E-state index is 2.32. The van der Waals surface area contributed by atoms with Crippen LogP contribution in [0.25, 0.3) is 10.8 Å². The molecule has 0 N–H and O–H groups in total. The molecule has 0 atom stereocenters. The molecule has 0 amide bonds. The van der Waals surface area contributed by atoms with Gasteiger partial charge in [-0.3, -0.25) is 0 Å². The number of anilines is 1. The molecule has 0 aromatic heterocycles. The number of fused-ring (bicyclic) bond motifs is 1. The van der Waals surface area contributed by atoms with E-state index in [1.165, 1.54) is 34.0 Å². The second-order valence-electron chi connectivity index (χ2n) is 6.10. The zero-order valence-corrected chi connectivity index (χ0v) is 13.4. The van der Waals surface area contributed by atoms with E-state index in [0.29, 0.717) is 0 Å². The Morgan fingerprint density at radius 1 is 0.682 bits per heavy atom. The molecule has 3 aromatic carbocycles. The Kier molecular flexibility index (Phi) is 4.43. The van der Waals surface area contributed by atoms with Gasteiger partial charge >= 0.3 is 0 Å². The van der Waals surface area contributed by atoms with Crippen molar-refractivity contribution in [2.45, 2.75) is 19.3 Å². The first-order valence-corrected chi connectivity index (χ1v) is 7.96. The van der Waals surface area contributed by atoms with Crippen molar-refractivity contribution in [1.29, 1.82) is 0 Å². The fourth-order valence-electron chi connectivity index (χ4n) is 2.85. The minimum Gasteiger partial charge on any atom is -0.378 e. The molecule has 0 heterocycles. The maximum atomic E-state index is 2.32. The van der Waals surface area contributed by atoms with Gasteiger partial charge in [0.1, 0.15) is 0 Å². The first kappa shape index (κ1) is 14.6. The lowest BCUT2D eigenvalue weighted by atomic mass is 10.0. The van der Waals surface area contributed by atoms with E-state index >= 15 is 0 Å². The molecule has 0 aliphatic carbocycles. The van der Waals surface area contributed by atoms with E-state index in [2.05, 4.69) is 85.7 Å². The van der Waals surface area contributed by atoms with Gasteiger partial charge < -0.3 is 4.90 Å². The zero-order valence-electron chi connectivity index (χ0n) is 13.4. The summed E-state index contributed by atoms with van der Waals surface area (Å²) >= 11 is 0. The Labute approximate surface area is 133 Å². The third-order valence-electron chi connectivity index (χ3n) is 4.20. The summed E-state index contributed by atoms with van der Waals surface area (Å²) in [6, 6.07) is 24.3. The van der Waals surface area contributed by atoms with Gasteiger partial charge in [-0.2, -0.15) is 0 Å². The van der Waals surface area contributed by atoms with Gasteiger partial charge in [-0.1, -0.05) is 54.6 Å². The monoisotopic (exact) mass is 289 g/mol. The van der Waals surface area contributed by atoms with Crippen molar-refractivity contribution in [3.63, 3.8) is 0 Å². The lowest BCUT2D eigenvalue weighted by Crippen LogP contribution is -2.08. The van der Waals surface area contributed by atoms with Crippen molar-refractivity contribution in [3.8, 4) is 0 Å². The van der Waals surface area contributed by atoms with Crippen LogP contribution in [0.2, 0.25) is 0 Å². The van der Waals surface area contributed by atoms with Gasteiger partial charge in [0.05, 0.1) is 0 Å². The fraction of sp³-hybridized carbons (Fsp3) is 0.238. The van der Waals surface area contributed by atoms with Crippen molar-refractivity contribution in [3.05, 3.63) is 77.9 Å². The predicted molar refractivity (Wildman–Crippen MR) is 96.7 cm³/mol. The van der Waals surface area contributed by atoms with Gasteiger partial charge in [-0.25, -0.2) is 0 Å². The summed E-state index contributed by atoms with van der Waals surface area (Å²) in [6.07, 6.45) is 3.47. The molecule has 3 aromatic rings. The molecule has 0 bridgehead atoms. The van der Waals surface area contributed by atoms with Gasteiger partial charge in [0, 0.05) is 19.8 Å². The van der Waals surface area contributed by atoms with Crippen LogP contribution in [0.5, 0.6) is 0 Å². The van der Waals surface area contributed by atoms with Crippen molar-refractivity contribution in [2.24, 2.45) is 0 Å². The van der Waals surface area contributed by atoms with E-state index in [1.54, 1.807) is 0 Å². The molecule has 22 heavy (non-hydrogen) atoms. The molecule has 112 valence electrons. The smallest absolute Gasteiger partial charge is 0.0361 e. The lowest BCUT2D eigenvalue weighted by Gasteiger charge is -2.12. The quantitative estimate of drug-likeness (QED) is 0.633. The average molecular weight is 289 g/mol. The molecule has 0 radical (unpaired) electrons. The number of hydrogen-bond donors (Lipinski definition) is 0. The van der Waals surface area contributed by atoms with E-state index in [-0.39, 0.29) is 0 Å². The number of hydrogen-bond acceptors (Lipinski definition) is 1. The number of nitrogens with zero attached hydrogens (tertiary/aromatic N) is 1. The lowest BCUT2D eigenvalue weighted by molar-refractivity contribution is 0.821. The molecular weight excluding hydrogens is 266 g/mol. The zero-order chi connectivity index (χ0) is 15.4. The summed E-state index contributed by atoms with van der Waals surface area (Å²) in [4.78, 5) is 2.14. The van der Waals surface area contributed by atoms with E-state index in [1.807, 2.05) is 0 Å². The first-order chi connectivity index (χ1) is 10.7. The SMILES string of the molecule is CN(C)c1ccc(CCCc2ccc3ccccc3c2)cc1. The molecule has 0 aliphatic rings. The second-order valence-corrected chi connectivity index (χ2v) is 6.10. The molecule has 0 saturated heterocycles. The van der Waals surface area contributed by atoms with Crippen LogP contribution in [0, 0.1) is 0 Å². The Balaban J connectivity index is 1.59. The van der Waals surface area contributed by atoms with Gasteiger partial charge in [-0.05, 0) is 53.3 Å². The van der Waals surface area contributed by atoms with Crippen molar-refractivity contribution >= 4 is 16.5 Å². The highest BCUT2D eigenvalue weighted by molar-refractivity contribution is 5.82. The topological polar surface area (TPSA) is 3.24 Å². The molecule has 0 saturated carbocycles. The van der Waals surface area contributed by atoms with Crippen LogP contribution < -0.4 is 4.90 Å². The van der Waals surface area contributed by atoms with E-state index in [4.69, 9.17) is 0 Å². The molecule has 1 nitrogen and oxygen atoms in total. The van der Waals surface area contributed by atoms with Crippen LogP contribution in [0.1, 0.15) is 17.5 Å². The molecule has 0 fully saturated rings. The van der Waals surface area contributed by atoms with Crippen LogP contribution in [0.3, 0.4) is 0 Å². The summed E-state index contributed by atoms with van der Waals surface area (Å²) in [5, 5.41) is 2.67. The second kappa shape index (κ2) is 6.65. The largest absolute Gasteiger partial charge is 0.378 e. The van der Waals surface area contributed by atoms with Gasteiger partial charge in [-0.15, -0.1) is 0 Å². The Bertz CT molecular complexity index is 741. The summed E-state index contributed by atoms with van der Waals surface area (Å²) in [7, 11) is 4.16. The Morgan fingerprint density at radius 3 is 2.05 bits per heavy atom. The fourth-order valence-corrected chi connectivity index (χ4v) is 2.85. The van der Waals surface area contributed by atoms with Gasteiger partial charge in [0.15, 0.2) is 0 Å². The Morgan fingerprint density at radius 2 is 1.32 bits per heavy atom. The molecule has 1 heteroatoms. The summed E-state index contributed by atoms with van der Waals surface area (Å²) < 4.78 is 0. The van der Waals surface area contributed by atoms with E-state index in [0.717, 1.165) is 12.8 Å².